The van der Waals surface area contributed by atoms with Gasteiger partial charge in [0.05, 0.1) is 11.6 Å². The van der Waals surface area contributed by atoms with Gasteiger partial charge in [-0.1, -0.05) is 6.07 Å². The summed E-state index contributed by atoms with van der Waals surface area (Å²) < 4.78 is 45.1. The molecule has 0 aromatic heterocycles. The number of nitriles is 1. The first-order valence-corrected chi connectivity index (χ1v) is 6.64. The van der Waals surface area contributed by atoms with Crippen LogP contribution in [0.4, 0.5) is 18.9 Å². The third-order valence-corrected chi connectivity index (χ3v) is 2.70. The molecule has 2 aromatic rings. The van der Waals surface area contributed by atoms with Gasteiger partial charge in [0.2, 0.25) is 0 Å². The number of nitrogens with one attached hydrogen (secondary N) is 1. The molecule has 8 heteroatoms. The van der Waals surface area contributed by atoms with E-state index in [9.17, 15) is 18.0 Å². The fourth-order valence-electron chi connectivity index (χ4n) is 1.74. The second-order valence-corrected chi connectivity index (χ2v) is 4.55. The molecule has 0 fully saturated rings. The number of hydrogen-bond acceptors (Lipinski definition) is 4. The highest BCUT2D eigenvalue weighted by atomic mass is 19.4. The quantitative estimate of drug-likeness (QED) is 0.907. The molecule has 5 nitrogen and oxygen atoms in total. The number of carbonyl (C=O) groups excluding carboxylic acids is 1. The maximum atomic E-state index is 12.0. The van der Waals surface area contributed by atoms with Crippen LogP contribution in [0.1, 0.15) is 5.56 Å². The molecule has 0 bridgehead atoms. The van der Waals surface area contributed by atoms with Gasteiger partial charge in [-0.15, -0.1) is 13.2 Å². The van der Waals surface area contributed by atoms with Gasteiger partial charge in [-0.25, -0.2) is 0 Å². The van der Waals surface area contributed by atoms with Gasteiger partial charge < -0.3 is 14.8 Å². The zero-order valence-electron chi connectivity index (χ0n) is 12.1. The van der Waals surface area contributed by atoms with E-state index in [-0.39, 0.29) is 12.4 Å². The summed E-state index contributed by atoms with van der Waals surface area (Å²) in [5, 5.41) is 11.2. The molecule has 0 aliphatic carbocycles. The topological polar surface area (TPSA) is 71.3 Å². The highest BCUT2D eigenvalue weighted by Gasteiger charge is 2.30. The average molecular weight is 336 g/mol. The van der Waals surface area contributed by atoms with E-state index in [4.69, 9.17) is 10.00 Å². The largest absolute Gasteiger partial charge is 0.573 e. The summed E-state index contributed by atoms with van der Waals surface area (Å²) in [4.78, 5) is 11.7. The number of halogens is 3. The molecular weight excluding hydrogens is 325 g/mol. The smallest absolute Gasteiger partial charge is 0.484 e. The Morgan fingerprint density at radius 2 is 1.83 bits per heavy atom. The number of rotatable bonds is 5. The summed E-state index contributed by atoms with van der Waals surface area (Å²) in [7, 11) is 0. The lowest BCUT2D eigenvalue weighted by atomic mass is 10.2. The minimum absolute atomic E-state index is 0.295. The molecule has 0 heterocycles. The summed E-state index contributed by atoms with van der Waals surface area (Å²) in [6.45, 7) is -0.310. The molecule has 0 saturated heterocycles. The van der Waals surface area contributed by atoms with Gasteiger partial charge in [0.1, 0.15) is 11.5 Å². The lowest BCUT2D eigenvalue weighted by Gasteiger charge is -2.10. The van der Waals surface area contributed by atoms with Crippen molar-refractivity contribution in [2.24, 2.45) is 0 Å². The molecule has 1 N–H and O–H groups in total. The number of nitrogens with zero attached hydrogens (tertiary/aromatic N) is 1. The first kappa shape index (κ1) is 17.1. The number of anilines is 1. The van der Waals surface area contributed by atoms with Crippen LogP contribution in [0.25, 0.3) is 0 Å². The summed E-state index contributed by atoms with van der Waals surface area (Å²) in [6, 6.07) is 12.9. The standard InChI is InChI=1S/C16H11F3N2O3/c17-16(18,19)24-13-6-4-12(5-7-13)21-15(22)10-23-14-3-1-2-11(8-14)9-20/h1-8H,10H2,(H,21,22). The van der Waals surface area contributed by atoms with Crippen LogP contribution in [-0.4, -0.2) is 18.9 Å². The van der Waals surface area contributed by atoms with Crippen molar-refractivity contribution in [1.29, 1.82) is 5.26 Å². The summed E-state index contributed by atoms with van der Waals surface area (Å²) in [5.74, 6) is -0.523. The number of alkyl halides is 3. The molecule has 0 aliphatic heterocycles. The van der Waals surface area contributed by atoms with Gasteiger partial charge in [-0.05, 0) is 42.5 Å². The number of ether oxygens (including phenoxy) is 2. The van der Waals surface area contributed by atoms with Crippen molar-refractivity contribution in [2.75, 3.05) is 11.9 Å². The Balaban J connectivity index is 1.87. The maximum absolute atomic E-state index is 12.0. The normalized spacial score (nSPS) is 10.6. The molecule has 0 atom stereocenters. The highest BCUT2D eigenvalue weighted by molar-refractivity contribution is 5.91. The number of amides is 1. The van der Waals surface area contributed by atoms with Crippen molar-refractivity contribution in [3.05, 3.63) is 54.1 Å². The second-order valence-electron chi connectivity index (χ2n) is 4.55. The maximum Gasteiger partial charge on any atom is 0.573 e. The first-order chi connectivity index (χ1) is 11.4. The van der Waals surface area contributed by atoms with Crippen LogP contribution < -0.4 is 14.8 Å². The molecule has 2 aromatic carbocycles. The van der Waals surface area contributed by atoms with Gasteiger partial charge in [-0.2, -0.15) is 5.26 Å². The highest BCUT2D eigenvalue weighted by Crippen LogP contribution is 2.23. The Hall–Kier alpha value is -3.21. The predicted octanol–water partition coefficient (Wildman–Crippen LogP) is 3.47. The number of carbonyl (C=O) groups is 1. The molecule has 0 radical (unpaired) electrons. The molecular formula is C16H11F3N2O3. The predicted molar refractivity (Wildman–Crippen MR) is 78.4 cm³/mol. The van der Waals surface area contributed by atoms with Gasteiger partial charge in [-0.3, -0.25) is 4.79 Å². The SMILES string of the molecule is N#Cc1cccc(OCC(=O)Nc2ccc(OC(F)(F)F)cc2)c1. The van der Waals surface area contributed by atoms with Crippen LogP contribution >= 0.6 is 0 Å². The fourth-order valence-corrected chi connectivity index (χ4v) is 1.74. The molecule has 2 rings (SSSR count). The van der Waals surface area contributed by atoms with Gasteiger partial charge >= 0.3 is 6.36 Å². The van der Waals surface area contributed by atoms with Crippen LogP contribution in [0, 0.1) is 11.3 Å². The third-order valence-electron chi connectivity index (χ3n) is 2.70. The minimum Gasteiger partial charge on any atom is -0.484 e. The minimum atomic E-state index is -4.77. The van der Waals surface area contributed by atoms with E-state index in [0.29, 0.717) is 17.0 Å². The number of hydrogen-bond donors (Lipinski definition) is 1. The van der Waals surface area contributed by atoms with E-state index in [0.717, 1.165) is 12.1 Å². The zero-order chi connectivity index (χ0) is 17.6. The Morgan fingerprint density at radius 3 is 2.46 bits per heavy atom. The fraction of sp³-hybridized carbons (Fsp3) is 0.125. The van der Waals surface area contributed by atoms with Crippen LogP contribution in [-0.2, 0) is 4.79 Å². The number of benzene rings is 2. The average Bonchev–Trinajstić information content (AvgIpc) is 2.54. The van der Waals surface area contributed by atoms with Crippen LogP contribution in [0.15, 0.2) is 48.5 Å². The molecule has 0 unspecified atom stereocenters. The van der Waals surface area contributed by atoms with E-state index in [1.165, 1.54) is 18.2 Å². The van der Waals surface area contributed by atoms with E-state index >= 15 is 0 Å². The van der Waals surface area contributed by atoms with Crippen LogP contribution in [0.5, 0.6) is 11.5 Å². The Labute approximate surface area is 135 Å². The summed E-state index contributed by atoms with van der Waals surface area (Å²) in [6.07, 6.45) is -4.77. The van der Waals surface area contributed by atoms with Crippen LogP contribution in [0.2, 0.25) is 0 Å². The third kappa shape index (κ3) is 5.53. The van der Waals surface area contributed by atoms with Crippen molar-refractivity contribution in [3.8, 4) is 17.6 Å². The second kappa shape index (κ2) is 7.37. The summed E-state index contributed by atoms with van der Waals surface area (Å²) >= 11 is 0. The van der Waals surface area contributed by atoms with E-state index < -0.39 is 12.3 Å². The van der Waals surface area contributed by atoms with E-state index in [1.807, 2.05) is 6.07 Å². The lowest BCUT2D eigenvalue weighted by molar-refractivity contribution is -0.274. The molecule has 124 valence electrons. The van der Waals surface area contributed by atoms with E-state index in [1.54, 1.807) is 18.2 Å². The zero-order valence-corrected chi connectivity index (χ0v) is 12.1. The Bertz CT molecular complexity index is 752. The lowest BCUT2D eigenvalue weighted by Crippen LogP contribution is -2.20. The molecule has 0 saturated carbocycles. The van der Waals surface area contributed by atoms with Gasteiger partial charge in [0.15, 0.2) is 6.61 Å². The van der Waals surface area contributed by atoms with E-state index in [2.05, 4.69) is 10.1 Å². The molecule has 0 spiro atoms. The van der Waals surface area contributed by atoms with Crippen molar-refractivity contribution in [1.82, 2.24) is 0 Å². The Morgan fingerprint density at radius 1 is 1.12 bits per heavy atom. The first-order valence-electron chi connectivity index (χ1n) is 6.64. The molecule has 24 heavy (non-hydrogen) atoms. The van der Waals surface area contributed by atoms with Crippen molar-refractivity contribution in [2.45, 2.75) is 6.36 Å². The molecule has 0 aliphatic rings. The molecule has 1 amide bonds. The van der Waals surface area contributed by atoms with Gasteiger partial charge in [0.25, 0.3) is 5.91 Å². The van der Waals surface area contributed by atoms with Gasteiger partial charge in [0, 0.05) is 5.69 Å². The van der Waals surface area contributed by atoms with Crippen molar-refractivity contribution in [3.63, 3.8) is 0 Å². The van der Waals surface area contributed by atoms with Crippen LogP contribution in [0.3, 0.4) is 0 Å². The van der Waals surface area contributed by atoms with Crippen molar-refractivity contribution >= 4 is 11.6 Å². The monoisotopic (exact) mass is 336 g/mol. The van der Waals surface area contributed by atoms with Crippen molar-refractivity contribution < 1.29 is 27.4 Å². The Kier molecular flexibility index (Phi) is 5.27. The summed E-state index contributed by atoms with van der Waals surface area (Å²) in [5.41, 5.74) is 0.692.